The van der Waals surface area contributed by atoms with Gasteiger partial charge in [-0.2, -0.15) is 0 Å². The van der Waals surface area contributed by atoms with Gasteiger partial charge in [-0.3, -0.25) is 0 Å². The van der Waals surface area contributed by atoms with Crippen molar-refractivity contribution >= 4 is 21.8 Å². The maximum absolute atomic E-state index is 13.2. The largest absolute Gasteiger partial charge is 0.409 e. The third-order valence-corrected chi connectivity index (χ3v) is 3.78. The van der Waals surface area contributed by atoms with Crippen LogP contribution in [0.3, 0.4) is 0 Å². The average molecular weight is 352 g/mol. The van der Waals surface area contributed by atoms with Gasteiger partial charge in [0, 0.05) is 23.1 Å². The topological polar surface area (TPSA) is 70.6 Å². The van der Waals surface area contributed by atoms with E-state index >= 15 is 0 Å². The molecule has 110 valence electrons. The number of hydrogen-bond acceptors (Lipinski definition) is 3. The molecule has 0 aliphatic carbocycles. The number of oxime groups is 1. The summed E-state index contributed by atoms with van der Waals surface area (Å²) in [4.78, 5) is 0. The van der Waals surface area contributed by atoms with Gasteiger partial charge in [-0.1, -0.05) is 45.4 Å². The predicted molar refractivity (Wildman–Crippen MR) is 83.6 cm³/mol. The van der Waals surface area contributed by atoms with E-state index in [0.29, 0.717) is 18.7 Å². The second-order valence-electron chi connectivity index (χ2n) is 4.52. The van der Waals surface area contributed by atoms with Gasteiger partial charge in [0.1, 0.15) is 5.82 Å². The fourth-order valence-electron chi connectivity index (χ4n) is 1.87. The van der Waals surface area contributed by atoms with E-state index in [9.17, 15) is 4.39 Å². The minimum Gasteiger partial charge on any atom is -0.409 e. The Kier molecular flexibility index (Phi) is 5.30. The van der Waals surface area contributed by atoms with Crippen LogP contribution in [-0.2, 0) is 13.1 Å². The summed E-state index contributed by atoms with van der Waals surface area (Å²) in [6, 6.07) is 12.0. The molecule has 0 fully saturated rings. The van der Waals surface area contributed by atoms with Gasteiger partial charge in [0.25, 0.3) is 0 Å². The molecule has 0 unspecified atom stereocenters. The summed E-state index contributed by atoms with van der Waals surface area (Å²) in [6.07, 6.45) is 0. The zero-order valence-corrected chi connectivity index (χ0v) is 12.8. The second-order valence-corrected chi connectivity index (χ2v) is 5.38. The Morgan fingerprint density at radius 1 is 1.19 bits per heavy atom. The van der Waals surface area contributed by atoms with Crippen LogP contribution in [0.5, 0.6) is 0 Å². The third kappa shape index (κ3) is 4.27. The van der Waals surface area contributed by atoms with Crippen molar-refractivity contribution in [2.24, 2.45) is 10.9 Å². The van der Waals surface area contributed by atoms with E-state index in [1.807, 2.05) is 12.1 Å². The lowest BCUT2D eigenvalue weighted by Crippen LogP contribution is -2.15. The van der Waals surface area contributed by atoms with Crippen LogP contribution in [0.1, 0.15) is 16.7 Å². The highest BCUT2D eigenvalue weighted by atomic mass is 79.9. The van der Waals surface area contributed by atoms with Gasteiger partial charge >= 0.3 is 0 Å². The molecular formula is C15H15BrFN3O. The van der Waals surface area contributed by atoms with Gasteiger partial charge in [0.05, 0.1) is 0 Å². The zero-order chi connectivity index (χ0) is 15.2. The number of halogens is 2. The summed E-state index contributed by atoms with van der Waals surface area (Å²) < 4.78 is 14.0. The molecule has 4 nitrogen and oxygen atoms in total. The van der Waals surface area contributed by atoms with E-state index in [4.69, 9.17) is 10.9 Å². The zero-order valence-electron chi connectivity index (χ0n) is 11.2. The maximum atomic E-state index is 13.2. The van der Waals surface area contributed by atoms with Crippen molar-refractivity contribution in [2.45, 2.75) is 13.1 Å². The molecule has 6 heteroatoms. The SMILES string of the molecule is NC(=NO)c1ccc(CNCc2cc(F)ccc2Br)cc1. The van der Waals surface area contributed by atoms with Gasteiger partial charge in [0.2, 0.25) is 0 Å². The molecule has 0 aromatic heterocycles. The smallest absolute Gasteiger partial charge is 0.170 e. The Morgan fingerprint density at radius 2 is 1.90 bits per heavy atom. The Bertz CT molecular complexity index is 644. The number of nitrogens with two attached hydrogens (primary N) is 1. The first kappa shape index (κ1) is 15.5. The van der Waals surface area contributed by atoms with E-state index in [-0.39, 0.29) is 11.7 Å². The molecule has 0 amide bonds. The average Bonchev–Trinajstić information content (AvgIpc) is 2.50. The van der Waals surface area contributed by atoms with Crippen molar-refractivity contribution in [1.29, 1.82) is 0 Å². The lowest BCUT2D eigenvalue weighted by atomic mass is 10.1. The number of hydrogen-bond donors (Lipinski definition) is 3. The highest BCUT2D eigenvalue weighted by Crippen LogP contribution is 2.17. The molecule has 4 N–H and O–H groups in total. The first-order chi connectivity index (χ1) is 10.1. The van der Waals surface area contributed by atoms with Crippen LogP contribution in [-0.4, -0.2) is 11.0 Å². The number of benzene rings is 2. The first-order valence-corrected chi connectivity index (χ1v) is 7.11. The van der Waals surface area contributed by atoms with E-state index < -0.39 is 0 Å². The molecule has 0 radical (unpaired) electrons. The number of nitrogens with zero attached hydrogens (tertiary/aromatic N) is 1. The molecule has 0 atom stereocenters. The fraction of sp³-hybridized carbons (Fsp3) is 0.133. The van der Waals surface area contributed by atoms with Crippen molar-refractivity contribution in [2.75, 3.05) is 0 Å². The van der Waals surface area contributed by atoms with Gasteiger partial charge in [-0.25, -0.2) is 4.39 Å². The van der Waals surface area contributed by atoms with Crippen LogP contribution in [0.15, 0.2) is 52.1 Å². The third-order valence-electron chi connectivity index (χ3n) is 3.01. The van der Waals surface area contributed by atoms with Crippen molar-refractivity contribution in [3.05, 3.63) is 69.4 Å². The molecule has 0 aliphatic heterocycles. The molecule has 2 rings (SSSR count). The standard InChI is InChI=1S/C15H15BrFN3O/c16-14-6-5-13(17)7-12(14)9-19-8-10-1-3-11(4-2-10)15(18)20-21/h1-7,19,21H,8-9H2,(H2,18,20). The van der Waals surface area contributed by atoms with Crippen LogP contribution in [0.4, 0.5) is 4.39 Å². The summed E-state index contributed by atoms with van der Waals surface area (Å²) in [6.45, 7) is 1.19. The van der Waals surface area contributed by atoms with E-state index in [0.717, 1.165) is 15.6 Å². The molecule has 21 heavy (non-hydrogen) atoms. The van der Waals surface area contributed by atoms with Crippen molar-refractivity contribution in [3.8, 4) is 0 Å². The lowest BCUT2D eigenvalue weighted by Gasteiger charge is -2.08. The van der Waals surface area contributed by atoms with Gasteiger partial charge in [0.15, 0.2) is 5.84 Å². The minimum absolute atomic E-state index is 0.0817. The van der Waals surface area contributed by atoms with Crippen LogP contribution < -0.4 is 11.1 Å². The highest BCUT2D eigenvalue weighted by Gasteiger charge is 2.02. The minimum atomic E-state index is -0.252. The van der Waals surface area contributed by atoms with Crippen LogP contribution in [0.25, 0.3) is 0 Å². The number of nitrogens with one attached hydrogen (secondary N) is 1. The van der Waals surface area contributed by atoms with E-state index in [1.165, 1.54) is 12.1 Å². The normalized spacial score (nSPS) is 11.6. The number of amidine groups is 1. The lowest BCUT2D eigenvalue weighted by molar-refractivity contribution is 0.318. The summed E-state index contributed by atoms with van der Waals surface area (Å²) in [5.41, 5.74) is 8.07. The fourth-order valence-corrected chi connectivity index (χ4v) is 2.26. The van der Waals surface area contributed by atoms with Crippen LogP contribution in [0.2, 0.25) is 0 Å². The Balaban J connectivity index is 1.93. The number of rotatable bonds is 5. The Morgan fingerprint density at radius 3 is 2.57 bits per heavy atom. The van der Waals surface area contributed by atoms with E-state index in [2.05, 4.69) is 26.4 Å². The highest BCUT2D eigenvalue weighted by molar-refractivity contribution is 9.10. The van der Waals surface area contributed by atoms with Gasteiger partial charge in [-0.05, 0) is 29.3 Å². The quantitative estimate of drug-likeness (QED) is 0.335. The van der Waals surface area contributed by atoms with Crippen molar-refractivity contribution < 1.29 is 9.60 Å². The molecule has 0 bridgehead atoms. The van der Waals surface area contributed by atoms with Crippen molar-refractivity contribution in [1.82, 2.24) is 5.32 Å². The van der Waals surface area contributed by atoms with Crippen molar-refractivity contribution in [3.63, 3.8) is 0 Å². The summed E-state index contributed by atoms with van der Waals surface area (Å²) in [7, 11) is 0. The van der Waals surface area contributed by atoms with E-state index in [1.54, 1.807) is 18.2 Å². The maximum Gasteiger partial charge on any atom is 0.170 e. The van der Waals surface area contributed by atoms with Crippen LogP contribution in [0, 0.1) is 5.82 Å². The molecule has 0 heterocycles. The molecule has 2 aromatic rings. The Labute approximate surface area is 130 Å². The summed E-state index contributed by atoms with van der Waals surface area (Å²) in [5, 5.41) is 14.8. The molecule has 2 aromatic carbocycles. The monoisotopic (exact) mass is 351 g/mol. The summed E-state index contributed by atoms with van der Waals surface area (Å²) in [5.74, 6) is -0.170. The molecular weight excluding hydrogens is 337 g/mol. The second kappa shape index (κ2) is 7.19. The predicted octanol–water partition coefficient (Wildman–Crippen LogP) is 2.97. The molecule has 0 spiro atoms. The van der Waals surface area contributed by atoms with Gasteiger partial charge < -0.3 is 16.3 Å². The molecule has 0 saturated heterocycles. The Hall–Kier alpha value is -1.92. The first-order valence-electron chi connectivity index (χ1n) is 6.31. The molecule has 0 saturated carbocycles. The van der Waals surface area contributed by atoms with Crippen LogP contribution >= 0.6 is 15.9 Å². The summed E-state index contributed by atoms with van der Waals surface area (Å²) >= 11 is 3.39. The molecule has 0 aliphatic rings. The van der Waals surface area contributed by atoms with Gasteiger partial charge in [-0.15, -0.1) is 0 Å².